The zero-order chi connectivity index (χ0) is 11.5. The molecule has 1 aromatic carbocycles. The standard InChI is InChI=1S/C12H17NO2/c1-3-8-12(13,11(14)15)10-6-4-9(2)5-7-10/h4-7H,3,8,13H2,1-2H3,(H,14,15). The Bertz CT molecular complexity index is 345. The normalized spacial score (nSPS) is 14.6. The first-order chi connectivity index (χ1) is 7.00. The lowest BCUT2D eigenvalue weighted by Crippen LogP contribution is -2.44. The molecule has 0 saturated carbocycles. The summed E-state index contributed by atoms with van der Waals surface area (Å²) in [6.07, 6.45) is 1.20. The van der Waals surface area contributed by atoms with Crippen molar-refractivity contribution in [2.45, 2.75) is 32.2 Å². The molecule has 1 atom stereocenters. The highest BCUT2D eigenvalue weighted by atomic mass is 16.4. The zero-order valence-corrected chi connectivity index (χ0v) is 9.16. The predicted octanol–water partition coefficient (Wildman–Crippen LogP) is 2.03. The lowest BCUT2D eigenvalue weighted by Gasteiger charge is -2.24. The van der Waals surface area contributed by atoms with Crippen molar-refractivity contribution < 1.29 is 9.90 Å². The van der Waals surface area contributed by atoms with E-state index >= 15 is 0 Å². The molecule has 3 heteroatoms. The van der Waals surface area contributed by atoms with Gasteiger partial charge in [0.25, 0.3) is 0 Å². The van der Waals surface area contributed by atoms with Gasteiger partial charge in [0, 0.05) is 0 Å². The van der Waals surface area contributed by atoms with Gasteiger partial charge >= 0.3 is 5.97 Å². The molecule has 0 spiro atoms. The third-order valence-electron chi connectivity index (χ3n) is 2.59. The summed E-state index contributed by atoms with van der Waals surface area (Å²) >= 11 is 0. The van der Waals surface area contributed by atoms with Crippen molar-refractivity contribution in [1.82, 2.24) is 0 Å². The highest BCUT2D eigenvalue weighted by Gasteiger charge is 2.34. The minimum Gasteiger partial charge on any atom is -0.480 e. The molecule has 0 amide bonds. The Kier molecular flexibility index (Phi) is 3.48. The fourth-order valence-corrected chi connectivity index (χ4v) is 1.62. The quantitative estimate of drug-likeness (QED) is 0.794. The molecule has 1 rings (SSSR count). The summed E-state index contributed by atoms with van der Waals surface area (Å²) in [6.45, 7) is 3.89. The average Bonchev–Trinajstić information content (AvgIpc) is 2.18. The average molecular weight is 207 g/mol. The van der Waals surface area contributed by atoms with Crippen molar-refractivity contribution in [2.24, 2.45) is 5.73 Å². The van der Waals surface area contributed by atoms with Gasteiger partial charge < -0.3 is 10.8 Å². The maximum atomic E-state index is 11.2. The largest absolute Gasteiger partial charge is 0.480 e. The molecule has 82 valence electrons. The van der Waals surface area contributed by atoms with Crippen LogP contribution in [-0.4, -0.2) is 11.1 Å². The molecule has 0 heterocycles. The van der Waals surface area contributed by atoms with Gasteiger partial charge in [-0.1, -0.05) is 43.2 Å². The smallest absolute Gasteiger partial charge is 0.328 e. The second-order valence-electron chi connectivity index (χ2n) is 3.89. The van der Waals surface area contributed by atoms with Crippen LogP contribution < -0.4 is 5.73 Å². The third kappa shape index (κ3) is 2.36. The van der Waals surface area contributed by atoms with Crippen molar-refractivity contribution in [3.8, 4) is 0 Å². The number of hydrogen-bond acceptors (Lipinski definition) is 2. The third-order valence-corrected chi connectivity index (χ3v) is 2.59. The molecule has 0 aliphatic rings. The van der Waals surface area contributed by atoms with E-state index in [9.17, 15) is 4.79 Å². The summed E-state index contributed by atoms with van der Waals surface area (Å²) in [4.78, 5) is 11.2. The Hall–Kier alpha value is -1.35. The number of hydrogen-bond donors (Lipinski definition) is 2. The Labute approximate surface area is 89.9 Å². The van der Waals surface area contributed by atoms with Gasteiger partial charge in [0.05, 0.1) is 0 Å². The van der Waals surface area contributed by atoms with Gasteiger partial charge in [-0.3, -0.25) is 0 Å². The molecule has 0 aliphatic carbocycles. The molecule has 15 heavy (non-hydrogen) atoms. The van der Waals surface area contributed by atoms with Crippen LogP contribution in [0.2, 0.25) is 0 Å². The van der Waals surface area contributed by atoms with Crippen molar-refractivity contribution in [1.29, 1.82) is 0 Å². The molecule has 1 unspecified atom stereocenters. The van der Waals surface area contributed by atoms with Crippen molar-refractivity contribution in [2.75, 3.05) is 0 Å². The predicted molar refractivity (Wildman–Crippen MR) is 59.6 cm³/mol. The number of carboxylic acid groups (broad SMARTS) is 1. The van der Waals surface area contributed by atoms with Gasteiger partial charge in [-0.15, -0.1) is 0 Å². The van der Waals surface area contributed by atoms with Crippen molar-refractivity contribution in [3.05, 3.63) is 35.4 Å². The van der Waals surface area contributed by atoms with E-state index in [-0.39, 0.29) is 0 Å². The van der Waals surface area contributed by atoms with Gasteiger partial charge in [0.15, 0.2) is 0 Å². The molecular weight excluding hydrogens is 190 g/mol. The number of aliphatic carboxylic acids is 1. The number of carboxylic acids is 1. The first-order valence-electron chi connectivity index (χ1n) is 5.10. The van der Waals surface area contributed by atoms with Crippen LogP contribution >= 0.6 is 0 Å². The number of benzene rings is 1. The van der Waals surface area contributed by atoms with Gasteiger partial charge in [0.1, 0.15) is 5.54 Å². The highest BCUT2D eigenvalue weighted by Crippen LogP contribution is 2.24. The minimum atomic E-state index is -1.25. The van der Waals surface area contributed by atoms with Gasteiger partial charge in [-0.2, -0.15) is 0 Å². The Morgan fingerprint density at radius 2 is 1.93 bits per heavy atom. The summed E-state index contributed by atoms with van der Waals surface area (Å²) in [5, 5.41) is 9.16. The summed E-state index contributed by atoms with van der Waals surface area (Å²) in [6, 6.07) is 7.35. The van der Waals surface area contributed by atoms with Crippen molar-refractivity contribution >= 4 is 5.97 Å². The van der Waals surface area contributed by atoms with Crippen molar-refractivity contribution in [3.63, 3.8) is 0 Å². The monoisotopic (exact) mass is 207 g/mol. The number of aryl methyl sites for hydroxylation is 1. The van der Waals surface area contributed by atoms with Crippen LogP contribution in [-0.2, 0) is 10.3 Å². The summed E-state index contributed by atoms with van der Waals surface area (Å²) < 4.78 is 0. The zero-order valence-electron chi connectivity index (χ0n) is 9.16. The van der Waals surface area contributed by atoms with Crippen LogP contribution in [0.4, 0.5) is 0 Å². The molecule has 0 radical (unpaired) electrons. The van der Waals surface area contributed by atoms with E-state index in [0.717, 1.165) is 12.0 Å². The van der Waals surface area contributed by atoms with E-state index < -0.39 is 11.5 Å². The summed E-state index contributed by atoms with van der Waals surface area (Å²) in [5.41, 5.74) is 6.44. The van der Waals surface area contributed by atoms with E-state index in [0.29, 0.717) is 12.0 Å². The molecule has 0 bridgehead atoms. The van der Waals surface area contributed by atoms with Gasteiger partial charge in [-0.05, 0) is 18.9 Å². The van der Waals surface area contributed by atoms with E-state index in [4.69, 9.17) is 10.8 Å². The molecule has 1 aromatic rings. The Morgan fingerprint density at radius 1 is 1.40 bits per heavy atom. The molecule has 0 fully saturated rings. The highest BCUT2D eigenvalue weighted by molar-refractivity contribution is 5.80. The van der Waals surface area contributed by atoms with Crippen LogP contribution in [0.15, 0.2) is 24.3 Å². The SMILES string of the molecule is CCCC(N)(C(=O)O)c1ccc(C)cc1. The van der Waals surface area contributed by atoms with E-state index in [1.807, 2.05) is 26.0 Å². The second-order valence-corrected chi connectivity index (χ2v) is 3.89. The van der Waals surface area contributed by atoms with Crippen LogP contribution in [0, 0.1) is 6.92 Å². The maximum absolute atomic E-state index is 11.2. The molecule has 0 aromatic heterocycles. The summed E-state index contributed by atoms with van der Waals surface area (Å²) in [5.74, 6) is -0.965. The molecular formula is C12H17NO2. The van der Waals surface area contributed by atoms with Gasteiger partial charge in [-0.25, -0.2) is 4.79 Å². The molecule has 0 aliphatic heterocycles. The first kappa shape index (κ1) is 11.7. The van der Waals surface area contributed by atoms with Crippen LogP contribution in [0.3, 0.4) is 0 Å². The van der Waals surface area contributed by atoms with E-state index in [2.05, 4.69) is 0 Å². The second kappa shape index (κ2) is 4.45. The molecule has 0 saturated heterocycles. The molecule has 3 N–H and O–H groups in total. The lowest BCUT2D eigenvalue weighted by atomic mass is 9.86. The van der Waals surface area contributed by atoms with Gasteiger partial charge in [0.2, 0.25) is 0 Å². The van der Waals surface area contributed by atoms with E-state index in [1.165, 1.54) is 0 Å². The Balaban J connectivity index is 3.09. The fraction of sp³-hybridized carbons (Fsp3) is 0.417. The number of nitrogens with two attached hydrogens (primary N) is 1. The number of rotatable bonds is 4. The first-order valence-corrected chi connectivity index (χ1v) is 5.10. The van der Waals surface area contributed by atoms with Crippen LogP contribution in [0.5, 0.6) is 0 Å². The van der Waals surface area contributed by atoms with Crippen LogP contribution in [0.1, 0.15) is 30.9 Å². The van der Waals surface area contributed by atoms with E-state index in [1.54, 1.807) is 12.1 Å². The number of carbonyl (C=O) groups is 1. The topological polar surface area (TPSA) is 63.3 Å². The Morgan fingerprint density at radius 3 is 2.33 bits per heavy atom. The fourth-order valence-electron chi connectivity index (χ4n) is 1.62. The molecule has 3 nitrogen and oxygen atoms in total. The summed E-state index contributed by atoms with van der Waals surface area (Å²) in [7, 11) is 0. The lowest BCUT2D eigenvalue weighted by molar-refractivity contribution is -0.144. The minimum absolute atomic E-state index is 0.450. The van der Waals surface area contributed by atoms with Crippen LogP contribution in [0.25, 0.3) is 0 Å². The maximum Gasteiger partial charge on any atom is 0.328 e.